The molecule has 3 rings (SSSR count). The van der Waals surface area contributed by atoms with Gasteiger partial charge in [0.1, 0.15) is 0 Å². The lowest BCUT2D eigenvalue weighted by Gasteiger charge is -2.32. The van der Waals surface area contributed by atoms with Gasteiger partial charge in [-0.3, -0.25) is 0 Å². The number of hydrogen-bond acceptors (Lipinski definition) is 5. The van der Waals surface area contributed by atoms with Crippen LogP contribution >= 0.6 is 11.3 Å². The standard InChI is InChI=1S/C14H19BN2O2S/c1-8-6-9(7-10-11(8)17-12(16)20-10)15-18-13(2,3)14(4,5)19-15/h6-7H,1-5H3,(H2,16,17). The molecule has 1 saturated heterocycles. The summed E-state index contributed by atoms with van der Waals surface area (Å²) in [5.41, 5.74) is 8.23. The van der Waals surface area contributed by atoms with Gasteiger partial charge in [-0.25, -0.2) is 4.98 Å². The number of aromatic nitrogens is 1. The smallest absolute Gasteiger partial charge is 0.399 e. The normalized spacial score (nSPS) is 20.8. The van der Waals surface area contributed by atoms with Crippen LogP contribution in [0, 0.1) is 6.92 Å². The summed E-state index contributed by atoms with van der Waals surface area (Å²) in [6.45, 7) is 10.3. The SMILES string of the molecule is Cc1cc(B2OC(C)(C)C(C)(C)O2)cc2sc(N)nc12. The summed E-state index contributed by atoms with van der Waals surface area (Å²) in [6.07, 6.45) is 0. The van der Waals surface area contributed by atoms with Gasteiger partial charge < -0.3 is 15.0 Å². The lowest BCUT2D eigenvalue weighted by atomic mass is 9.78. The molecule has 0 saturated carbocycles. The highest BCUT2D eigenvalue weighted by Gasteiger charge is 2.51. The monoisotopic (exact) mass is 290 g/mol. The number of nitrogens with zero attached hydrogens (tertiary/aromatic N) is 1. The summed E-state index contributed by atoms with van der Waals surface area (Å²) >= 11 is 1.49. The van der Waals surface area contributed by atoms with Crippen LogP contribution in [0.1, 0.15) is 33.3 Å². The molecule has 20 heavy (non-hydrogen) atoms. The molecule has 0 atom stereocenters. The number of aryl methyl sites for hydroxylation is 1. The molecule has 0 bridgehead atoms. The number of nitrogen functional groups attached to an aromatic ring is 1. The van der Waals surface area contributed by atoms with Crippen LogP contribution in [0.3, 0.4) is 0 Å². The maximum Gasteiger partial charge on any atom is 0.494 e. The molecule has 106 valence electrons. The van der Waals surface area contributed by atoms with E-state index in [4.69, 9.17) is 15.0 Å². The van der Waals surface area contributed by atoms with Crippen LogP contribution in [-0.2, 0) is 9.31 Å². The van der Waals surface area contributed by atoms with Crippen LogP contribution in [0.4, 0.5) is 5.13 Å². The molecule has 0 aliphatic carbocycles. The third-order valence-corrected chi connectivity index (χ3v) is 5.08. The van der Waals surface area contributed by atoms with Crippen molar-refractivity contribution in [2.45, 2.75) is 45.8 Å². The summed E-state index contributed by atoms with van der Waals surface area (Å²) in [5.74, 6) is 0. The second kappa shape index (κ2) is 4.19. The minimum atomic E-state index is -0.341. The summed E-state index contributed by atoms with van der Waals surface area (Å²) in [5, 5.41) is 0.592. The number of anilines is 1. The van der Waals surface area contributed by atoms with Crippen molar-refractivity contribution in [3.63, 3.8) is 0 Å². The van der Waals surface area contributed by atoms with Gasteiger partial charge in [-0.05, 0) is 51.7 Å². The van der Waals surface area contributed by atoms with E-state index in [1.165, 1.54) is 11.3 Å². The fourth-order valence-electron chi connectivity index (χ4n) is 2.36. The first-order valence-electron chi connectivity index (χ1n) is 6.72. The Morgan fingerprint density at radius 3 is 2.35 bits per heavy atom. The zero-order valence-corrected chi connectivity index (χ0v) is 13.3. The lowest BCUT2D eigenvalue weighted by Crippen LogP contribution is -2.41. The van der Waals surface area contributed by atoms with Crippen molar-refractivity contribution in [3.8, 4) is 0 Å². The predicted octanol–water partition coefficient (Wildman–Crippen LogP) is 2.49. The van der Waals surface area contributed by atoms with Crippen molar-refractivity contribution in [3.05, 3.63) is 17.7 Å². The van der Waals surface area contributed by atoms with Crippen LogP contribution in [-0.4, -0.2) is 23.3 Å². The van der Waals surface area contributed by atoms with Gasteiger partial charge in [0.05, 0.1) is 21.4 Å². The van der Waals surface area contributed by atoms with Gasteiger partial charge in [0.25, 0.3) is 0 Å². The Kier molecular flexibility index (Phi) is 2.91. The number of rotatable bonds is 1. The van der Waals surface area contributed by atoms with E-state index in [-0.39, 0.29) is 18.3 Å². The first-order chi connectivity index (χ1) is 9.19. The van der Waals surface area contributed by atoms with Crippen LogP contribution in [0.15, 0.2) is 12.1 Å². The van der Waals surface area contributed by atoms with Crippen LogP contribution in [0.2, 0.25) is 0 Å². The molecule has 1 aliphatic heterocycles. The molecule has 6 heteroatoms. The van der Waals surface area contributed by atoms with E-state index in [0.29, 0.717) is 5.13 Å². The summed E-state index contributed by atoms with van der Waals surface area (Å²) in [4.78, 5) is 4.35. The molecule has 2 heterocycles. The van der Waals surface area contributed by atoms with Crippen LogP contribution < -0.4 is 11.2 Å². The Morgan fingerprint density at radius 2 is 1.75 bits per heavy atom. The number of fused-ring (bicyclic) bond motifs is 1. The van der Waals surface area contributed by atoms with Crippen molar-refractivity contribution < 1.29 is 9.31 Å². The molecule has 1 aromatic carbocycles. The Morgan fingerprint density at radius 1 is 1.15 bits per heavy atom. The van der Waals surface area contributed by atoms with Gasteiger partial charge in [-0.1, -0.05) is 17.4 Å². The Hall–Kier alpha value is -1.11. The molecule has 2 N–H and O–H groups in total. The van der Waals surface area contributed by atoms with E-state index >= 15 is 0 Å². The molecule has 1 aliphatic rings. The first kappa shape index (κ1) is 13.9. The lowest BCUT2D eigenvalue weighted by molar-refractivity contribution is 0.00578. The number of thiazole rings is 1. The van der Waals surface area contributed by atoms with Crippen molar-refractivity contribution >= 4 is 39.3 Å². The topological polar surface area (TPSA) is 57.4 Å². The summed E-state index contributed by atoms with van der Waals surface area (Å²) in [7, 11) is -0.341. The van der Waals surface area contributed by atoms with Gasteiger partial charge in [0.15, 0.2) is 5.13 Å². The maximum absolute atomic E-state index is 6.09. The first-order valence-corrected chi connectivity index (χ1v) is 7.53. The Labute approximate surface area is 123 Å². The molecule has 0 unspecified atom stereocenters. The number of nitrogens with two attached hydrogens (primary N) is 1. The van der Waals surface area contributed by atoms with E-state index < -0.39 is 0 Å². The third kappa shape index (κ3) is 2.03. The third-order valence-electron chi connectivity index (χ3n) is 4.25. The van der Waals surface area contributed by atoms with E-state index in [0.717, 1.165) is 21.2 Å². The van der Waals surface area contributed by atoms with Gasteiger partial charge in [0.2, 0.25) is 0 Å². The molecule has 0 radical (unpaired) electrons. The fraction of sp³-hybridized carbons (Fsp3) is 0.500. The predicted molar refractivity (Wildman–Crippen MR) is 84.5 cm³/mol. The molecule has 0 amide bonds. The van der Waals surface area contributed by atoms with Gasteiger partial charge in [-0.2, -0.15) is 0 Å². The van der Waals surface area contributed by atoms with Gasteiger partial charge in [-0.15, -0.1) is 0 Å². The molecule has 2 aromatic rings. The molecule has 0 spiro atoms. The van der Waals surface area contributed by atoms with Crippen molar-refractivity contribution in [1.29, 1.82) is 0 Å². The molecular weight excluding hydrogens is 271 g/mol. The second-order valence-electron chi connectivity index (χ2n) is 6.32. The number of hydrogen-bond donors (Lipinski definition) is 1. The van der Waals surface area contributed by atoms with Gasteiger partial charge in [0, 0.05) is 0 Å². The minimum Gasteiger partial charge on any atom is -0.399 e. The molecular formula is C14H19BN2O2S. The van der Waals surface area contributed by atoms with Crippen molar-refractivity contribution in [2.24, 2.45) is 0 Å². The van der Waals surface area contributed by atoms with E-state index in [9.17, 15) is 0 Å². The summed E-state index contributed by atoms with van der Waals surface area (Å²) in [6, 6.07) is 4.14. The summed E-state index contributed by atoms with van der Waals surface area (Å²) < 4.78 is 13.3. The highest BCUT2D eigenvalue weighted by Crippen LogP contribution is 2.37. The van der Waals surface area contributed by atoms with E-state index in [1.54, 1.807) is 0 Å². The quantitative estimate of drug-likeness (QED) is 0.820. The van der Waals surface area contributed by atoms with E-state index in [1.807, 2.05) is 6.92 Å². The average molecular weight is 290 g/mol. The Bertz CT molecular complexity index is 665. The zero-order valence-electron chi connectivity index (χ0n) is 12.5. The maximum atomic E-state index is 6.09. The van der Waals surface area contributed by atoms with E-state index in [2.05, 4.69) is 44.8 Å². The largest absolute Gasteiger partial charge is 0.494 e. The fourth-order valence-corrected chi connectivity index (χ4v) is 3.22. The molecule has 1 aromatic heterocycles. The molecule has 4 nitrogen and oxygen atoms in total. The van der Waals surface area contributed by atoms with Crippen molar-refractivity contribution in [2.75, 3.05) is 5.73 Å². The zero-order chi connectivity index (χ0) is 14.7. The highest BCUT2D eigenvalue weighted by atomic mass is 32.1. The molecule has 1 fully saturated rings. The van der Waals surface area contributed by atoms with Crippen LogP contribution in [0.5, 0.6) is 0 Å². The van der Waals surface area contributed by atoms with Gasteiger partial charge >= 0.3 is 7.12 Å². The average Bonchev–Trinajstić information content (AvgIpc) is 2.77. The second-order valence-corrected chi connectivity index (χ2v) is 7.39. The van der Waals surface area contributed by atoms with Crippen molar-refractivity contribution in [1.82, 2.24) is 4.98 Å². The Balaban J connectivity index is 2.04. The minimum absolute atomic E-state index is 0.326. The number of benzene rings is 1. The van der Waals surface area contributed by atoms with Crippen LogP contribution in [0.25, 0.3) is 10.2 Å². The highest BCUT2D eigenvalue weighted by molar-refractivity contribution is 7.22.